The first-order valence-corrected chi connectivity index (χ1v) is 6.09. The second-order valence-corrected chi connectivity index (χ2v) is 4.60. The van der Waals surface area contributed by atoms with Gasteiger partial charge in [-0.15, -0.1) is 0 Å². The molecule has 7 heteroatoms. The quantitative estimate of drug-likeness (QED) is 0.619. The van der Waals surface area contributed by atoms with Crippen molar-refractivity contribution in [3.05, 3.63) is 23.8 Å². The molecule has 0 aromatic heterocycles. The Labute approximate surface area is 97.6 Å². The molecule has 0 amide bonds. The van der Waals surface area contributed by atoms with Gasteiger partial charge < -0.3 is 19.3 Å². The number of hydrogen-bond acceptors (Lipinski definition) is 4. The van der Waals surface area contributed by atoms with Gasteiger partial charge in [0, 0.05) is 5.56 Å². The van der Waals surface area contributed by atoms with Gasteiger partial charge in [0.25, 0.3) is 0 Å². The average Bonchev–Trinajstić information content (AvgIpc) is 2.28. The van der Waals surface area contributed by atoms with Crippen LogP contribution >= 0.6 is 7.60 Å². The van der Waals surface area contributed by atoms with E-state index in [1.54, 1.807) is 6.07 Å². The second-order valence-electron chi connectivity index (χ2n) is 3.06. The van der Waals surface area contributed by atoms with Crippen molar-refractivity contribution in [1.82, 2.24) is 0 Å². The minimum Gasteiger partial charge on any atom is -0.497 e. The molecule has 6 nitrogen and oxygen atoms in total. The molecule has 0 unspecified atom stereocenters. The first-order valence-electron chi connectivity index (χ1n) is 4.47. The monoisotopic (exact) mass is 258 g/mol. The fraction of sp³-hybridized carbons (Fsp3) is 0.200. The lowest BCUT2D eigenvalue weighted by Gasteiger charge is -2.11. The molecule has 1 aromatic rings. The summed E-state index contributed by atoms with van der Waals surface area (Å²) in [5.41, 5.74) is -0.0322. The Bertz CT molecular complexity index is 512. The summed E-state index contributed by atoms with van der Waals surface area (Å²) >= 11 is 0. The highest BCUT2D eigenvalue weighted by Crippen LogP contribution is 2.51. The summed E-state index contributed by atoms with van der Waals surface area (Å²) in [4.78, 5) is 28.7. The van der Waals surface area contributed by atoms with Crippen molar-refractivity contribution in [3.8, 4) is 11.5 Å². The van der Waals surface area contributed by atoms with Crippen LogP contribution in [0, 0.1) is 0 Å². The van der Waals surface area contributed by atoms with Crippen LogP contribution in [-0.4, -0.2) is 29.9 Å². The van der Waals surface area contributed by atoms with Crippen LogP contribution in [0.3, 0.4) is 0 Å². The van der Waals surface area contributed by atoms with Crippen LogP contribution in [0.25, 0.3) is 5.31 Å². The van der Waals surface area contributed by atoms with Gasteiger partial charge in [-0.1, -0.05) is 0 Å². The zero-order valence-electron chi connectivity index (χ0n) is 9.21. The minimum absolute atomic E-state index is 0.0322. The summed E-state index contributed by atoms with van der Waals surface area (Å²) in [6, 6.07) is 4.30. The first kappa shape index (κ1) is 13.5. The highest BCUT2D eigenvalue weighted by atomic mass is 31.2. The summed E-state index contributed by atoms with van der Waals surface area (Å²) in [6.07, 6.45) is 0. The second kappa shape index (κ2) is 5.17. The predicted octanol–water partition coefficient (Wildman–Crippen LogP) is 1.05. The molecule has 0 bridgehead atoms. The van der Waals surface area contributed by atoms with E-state index >= 15 is 0 Å². The lowest BCUT2D eigenvalue weighted by Crippen LogP contribution is -1.95. The molecule has 0 saturated heterocycles. The van der Waals surface area contributed by atoms with Crippen molar-refractivity contribution in [2.75, 3.05) is 14.2 Å². The van der Waals surface area contributed by atoms with Crippen LogP contribution in [0.2, 0.25) is 0 Å². The van der Waals surface area contributed by atoms with Gasteiger partial charge in [-0.2, -0.15) is 0 Å². The van der Waals surface area contributed by atoms with Gasteiger partial charge in [-0.25, -0.2) is 4.79 Å². The maximum Gasteiger partial charge on any atom is 0.368 e. The van der Waals surface area contributed by atoms with E-state index in [0.717, 1.165) is 0 Å². The van der Waals surface area contributed by atoms with Crippen molar-refractivity contribution in [3.63, 3.8) is 0 Å². The fourth-order valence-electron chi connectivity index (χ4n) is 1.27. The predicted molar refractivity (Wildman–Crippen MR) is 60.7 cm³/mol. The standard InChI is InChI=1S/C10H11O6P/c1-15-7-3-4-9(16-2)8(5-7)10(6-11)17(12,13)14/h3-5H,1-2H3,(H2,12,13,14). The number of carbonyl (C=O) groups excluding carboxylic acids is 1. The van der Waals surface area contributed by atoms with Crippen LogP contribution in [-0.2, 0) is 9.36 Å². The Morgan fingerprint density at radius 2 is 1.94 bits per heavy atom. The Hall–Kier alpha value is -1.58. The Morgan fingerprint density at radius 1 is 1.29 bits per heavy atom. The molecule has 17 heavy (non-hydrogen) atoms. The van der Waals surface area contributed by atoms with E-state index < -0.39 is 12.9 Å². The Morgan fingerprint density at radius 3 is 2.35 bits per heavy atom. The molecule has 0 spiro atoms. The largest absolute Gasteiger partial charge is 0.497 e. The molecule has 0 fully saturated rings. The summed E-state index contributed by atoms with van der Waals surface area (Å²) in [5, 5.41) is -0.756. The molecule has 2 N–H and O–H groups in total. The highest BCUT2D eigenvalue weighted by Gasteiger charge is 2.27. The zero-order valence-corrected chi connectivity index (χ0v) is 10.1. The van der Waals surface area contributed by atoms with Crippen LogP contribution < -0.4 is 9.47 Å². The van der Waals surface area contributed by atoms with Crippen molar-refractivity contribution < 1.29 is 28.6 Å². The minimum atomic E-state index is -4.71. The van der Waals surface area contributed by atoms with Gasteiger partial charge in [0.1, 0.15) is 17.4 Å². The molecule has 0 aliphatic carbocycles. The third-order valence-corrected chi connectivity index (χ3v) is 2.96. The molecule has 1 aromatic carbocycles. The van der Waals surface area contributed by atoms with Gasteiger partial charge in [-0.3, -0.25) is 4.57 Å². The first-order chi connectivity index (χ1) is 7.93. The van der Waals surface area contributed by atoms with E-state index in [2.05, 4.69) is 0 Å². The smallest absolute Gasteiger partial charge is 0.368 e. The maximum absolute atomic E-state index is 11.1. The third kappa shape index (κ3) is 2.96. The number of benzene rings is 1. The lowest BCUT2D eigenvalue weighted by molar-refractivity contribution is 0.386. The van der Waals surface area contributed by atoms with Crippen molar-refractivity contribution in [2.24, 2.45) is 0 Å². The summed E-state index contributed by atoms with van der Waals surface area (Å²) in [6.45, 7) is 0. The normalized spacial score (nSPS) is 10.6. The van der Waals surface area contributed by atoms with Gasteiger partial charge in [0.2, 0.25) is 0 Å². The molecular formula is C10H11O6P. The maximum atomic E-state index is 11.1. The summed E-state index contributed by atoms with van der Waals surface area (Å²) in [5.74, 6) is 1.76. The number of ether oxygens (including phenoxy) is 2. The number of hydrogen-bond donors (Lipinski definition) is 2. The number of methoxy groups -OCH3 is 2. The molecule has 0 radical (unpaired) electrons. The topological polar surface area (TPSA) is 93.1 Å². The van der Waals surface area contributed by atoms with Crippen molar-refractivity contribution in [1.29, 1.82) is 0 Å². The molecule has 0 heterocycles. The van der Waals surface area contributed by atoms with E-state index in [1.807, 2.05) is 0 Å². The van der Waals surface area contributed by atoms with Crippen molar-refractivity contribution in [2.45, 2.75) is 0 Å². The van der Waals surface area contributed by atoms with E-state index in [0.29, 0.717) is 5.75 Å². The highest BCUT2D eigenvalue weighted by molar-refractivity contribution is 7.64. The van der Waals surface area contributed by atoms with Gasteiger partial charge in [0.15, 0.2) is 5.31 Å². The molecule has 0 atom stereocenters. The van der Waals surface area contributed by atoms with E-state index in [-0.39, 0.29) is 11.3 Å². The molecule has 0 aliphatic heterocycles. The van der Waals surface area contributed by atoms with Crippen molar-refractivity contribution >= 4 is 18.9 Å². The molecular weight excluding hydrogens is 247 g/mol. The molecule has 0 aliphatic rings. The van der Waals surface area contributed by atoms with Crippen LogP contribution in [0.15, 0.2) is 18.2 Å². The SMILES string of the molecule is COc1ccc(OC)c(C(=C=O)P(=O)(O)O)c1. The average molecular weight is 258 g/mol. The van der Waals surface area contributed by atoms with Crippen LogP contribution in [0.1, 0.15) is 5.56 Å². The molecule has 1 rings (SSSR count). The fourth-order valence-corrected chi connectivity index (χ4v) is 1.88. The lowest BCUT2D eigenvalue weighted by atomic mass is 10.2. The van der Waals surface area contributed by atoms with E-state index in [1.165, 1.54) is 32.3 Å². The van der Waals surface area contributed by atoms with Gasteiger partial charge in [-0.05, 0) is 18.2 Å². The van der Waals surface area contributed by atoms with E-state index in [9.17, 15) is 9.36 Å². The molecule has 0 saturated carbocycles. The van der Waals surface area contributed by atoms with E-state index in [4.69, 9.17) is 19.3 Å². The molecule has 92 valence electrons. The number of rotatable bonds is 4. The Balaban J connectivity index is 3.47. The summed E-state index contributed by atoms with van der Waals surface area (Å²) < 4.78 is 21.0. The third-order valence-electron chi connectivity index (χ3n) is 2.05. The van der Waals surface area contributed by atoms with Crippen LogP contribution in [0.5, 0.6) is 11.5 Å². The Kier molecular flexibility index (Phi) is 4.10. The van der Waals surface area contributed by atoms with Gasteiger partial charge in [0.05, 0.1) is 14.2 Å². The zero-order chi connectivity index (χ0) is 13.1. The van der Waals surface area contributed by atoms with Gasteiger partial charge >= 0.3 is 7.60 Å². The summed E-state index contributed by atoms with van der Waals surface area (Å²) in [7, 11) is -1.99. The van der Waals surface area contributed by atoms with Crippen LogP contribution in [0.4, 0.5) is 0 Å².